The predicted molar refractivity (Wildman–Crippen MR) is 127 cm³/mol. The van der Waals surface area contributed by atoms with Crippen molar-refractivity contribution in [2.75, 3.05) is 13.1 Å². The van der Waals surface area contributed by atoms with Gasteiger partial charge in [-0.05, 0) is 61.7 Å². The molecule has 1 aromatic carbocycles. The van der Waals surface area contributed by atoms with Crippen LogP contribution in [0.4, 0.5) is 8.78 Å². The number of aromatic nitrogens is 1. The molecule has 2 aliphatic rings. The molecule has 2 N–H and O–H groups in total. The standard InChI is InChI=1S/C21H24F2N4.C3H6O2S.K/c1-14(2)18-5-8-26-21-19(18)10-15(11-20(21)23)9-16(22)12-25-13-27-17-3-6-24-7-4-17;4-6(5)3-1-2-3;/h5,8-12,14,17,24H,3-4,6-7H2,1-2H3,(H,25,27);3H,1-2H2,(H,4,5);/q-2;;+1/p-1/b16-12+;;. The van der Waals surface area contributed by atoms with E-state index in [9.17, 15) is 17.5 Å². The summed E-state index contributed by atoms with van der Waals surface area (Å²) >= 11 is -1.76. The third kappa shape index (κ3) is 9.38. The summed E-state index contributed by atoms with van der Waals surface area (Å²) in [7, 11) is 0. The molecule has 1 aliphatic heterocycles. The molecule has 0 spiro atoms. The van der Waals surface area contributed by atoms with Gasteiger partial charge < -0.3 is 20.2 Å². The van der Waals surface area contributed by atoms with Gasteiger partial charge in [0.1, 0.15) is 5.82 Å². The van der Waals surface area contributed by atoms with Crippen LogP contribution in [-0.2, 0) is 11.1 Å². The zero-order valence-electron chi connectivity index (χ0n) is 19.8. The first-order valence-corrected chi connectivity index (χ1v) is 12.3. The average Bonchev–Trinajstić information content (AvgIpc) is 3.63. The number of hydrogen-bond donors (Lipinski definition) is 2. The maximum Gasteiger partial charge on any atom is 1.00 e. The minimum Gasteiger partial charge on any atom is -0.772 e. The van der Waals surface area contributed by atoms with Gasteiger partial charge in [0, 0.05) is 23.3 Å². The second-order valence-corrected chi connectivity index (χ2v) is 9.67. The molecule has 180 valence electrons. The summed E-state index contributed by atoms with van der Waals surface area (Å²) < 4.78 is 48.0. The normalized spacial score (nSPS) is 17.8. The Hall–Kier alpha value is -0.724. The summed E-state index contributed by atoms with van der Waals surface area (Å²) in [6.45, 7) is 5.98. The topological polar surface area (TPSA) is 89.4 Å². The van der Waals surface area contributed by atoms with E-state index in [2.05, 4.69) is 26.9 Å². The van der Waals surface area contributed by atoms with Crippen molar-refractivity contribution in [1.82, 2.24) is 15.6 Å². The van der Waals surface area contributed by atoms with Crippen LogP contribution in [0.1, 0.15) is 56.6 Å². The van der Waals surface area contributed by atoms with Gasteiger partial charge in [0.05, 0.1) is 5.52 Å². The first kappa shape index (κ1) is 29.5. The van der Waals surface area contributed by atoms with Crippen molar-refractivity contribution < 1.29 is 68.9 Å². The molecule has 1 atom stereocenters. The smallest absolute Gasteiger partial charge is 0.772 e. The molecule has 1 saturated carbocycles. The molecule has 0 amide bonds. The number of benzene rings is 1. The van der Waals surface area contributed by atoms with Gasteiger partial charge >= 0.3 is 51.4 Å². The van der Waals surface area contributed by atoms with Gasteiger partial charge in [-0.3, -0.25) is 9.19 Å². The van der Waals surface area contributed by atoms with Gasteiger partial charge in [0.25, 0.3) is 0 Å². The van der Waals surface area contributed by atoms with E-state index in [4.69, 9.17) is 0 Å². The Labute approximate surface area is 245 Å². The largest absolute Gasteiger partial charge is 1.00 e. The fourth-order valence-electron chi connectivity index (χ4n) is 3.49. The number of fused-ring (bicyclic) bond motifs is 1. The minimum atomic E-state index is -1.76. The quantitative estimate of drug-likeness (QED) is 0.145. The number of pyridine rings is 1. The number of halogens is 2. The molecule has 34 heavy (non-hydrogen) atoms. The molecular weight excluding hydrogens is 485 g/mol. The van der Waals surface area contributed by atoms with E-state index in [0.717, 1.165) is 50.5 Å². The van der Waals surface area contributed by atoms with E-state index in [1.807, 2.05) is 19.9 Å². The maximum absolute atomic E-state index is 14.4. The Bertz CT molecular complexity index is 1030. The predicted octanol–water partition coefficient (Wildman–Crippen LogP) is 1.14. The van der Waals surface area contributed by atoms with Gasteiger partial charge in [-0.15, -0.1) is 24.3 Å². The van der Waals surface area contributed by atoms with Crippen molar-refractivity contribution in [3.8, 4) is 0 Å². The SMILES string of the molecule is CC(C)c1ccnc2c(F)cc([CH-]/C(F)=C\N=[C-]NC3CCNCC3)cc12.O=S([O-])C1CC1.[K+]. The molecule has 0 radical (unpaired) electrons. The first-order chi connectivity index (χ1) is 15.8. The van der Waals surface area contributed by atoms with Gasteiger partial charge in [0.2, 0.25) is 0 Å². The minimum absolute atomic E-state index is 0. The average molecular weight is 515 g/mol. The molecule has 1 unspecified atom stereocenters. The van der Waals surface area contributed by atoms with Crippen LogP contribution in [0.3, 0.4) is 0 Å². The first-order valence-electron chi connectivity index (χ1n) is 11.1. The molecule has 10 heteroatoms. The summed E-state index contributed by atoms with van der Waals surface area (Å²) in [5, 5.41) is 7.03. The Morgan fingerprint density at radius 1 is 1.35 bits per heavy atom. The molecule has 1 saturated heterocycles. The molecule has 4 rings (SSSR count). The zero-order valence-corrected chi connectivity index (χ0v) is 23.8. The summed E-state index contributed by atoms with van der Waals surface area (Å²) in [4.78, 5) is 7.95. The summed E-state index contributed by atoms with van der Waals surface area (Å²) in [5.74, 6) is -0.814. The fraction of sp³-hybridized carbons (Fsp3) is 0.458. The number of aliphatic imine (C=N–C) groups is 1. The van der Waals surface area contributed by atoms with Crippen LogP contribution in [0.2, 0.25) is 0 Å². The number of nitrogens with zero attached hydrogens (tertiary/aromatic N) is 2. The van der Waals surface area contributed by atoms with Crippen LogP contribution in [0.15, 0.2) is 41.4 Å². The van der Waals surface area contributed by atoms with E-state index in [1.165, 1.54) is 12.5 Å². The van der Waals surface area contributed by atoms with Crippen LogP contribution in [0, 0.1) is 12.2 Å². The fourth-order valence-corrected chi connectivity index (χ4v) is 4.01. The van der Waals surface area contributed by atoms with Crippen LogP contribution in [0.25, 0.3) is 10.9 Å². The Balaban J connectivity index is 0.000000508. The Kier molecular flexibility index (Phi) is 12.8. The van der Waals surface area contributed by atoms with Crippen LogP contribution < -0.4 is 62.0 Å². The molecule has 1 aliphatic carbocycles. The molecule has 0 bridgehead atoms. The second-order valence-electron chi connectivity index (χ2n) is 8.48. The third-order valence-electron chi connectivity index (χ3n) is 5.44. The van der Waals surface area contributed by atoms with Crippen LogP contribution in [-0.4, -0.2) is 44.5 Å². The second kappa shape index (κ2) is 14.7. The van der Waals surface area contributed by atoms with E-state index in [0.29, 0.717) is 22.5 Å². The van der Waals surface area contributed by atoms with E-state index >= 15 is 0 Å². The van der Waals surface area contributed by atoms with Crippen LogP contribution in [0.5, 0.6) is 0 Å². The van der Waals surface area contributed by atoms with Gasteiger partial charge in [-0.1, -0.05) is 37.3 Å². The zero-order chi connectivity index (χ0) is 23.8. The van der Waals surface area contributed by atoms with Crippen molar-refractivity contribution >= 4 is 28.3 Å². The van der Waals surface area contributed by atoms with Crippen molar-refractivity contribution in [3.63, 3.8) is 0 Å². The van der Waals surface area contributed by atoms with Gasteiger partial charge in [0.15, 0.2) is 0 Å². The summed E-state index contributed by atoms with van der Waals surface area (Å²) in [5.41, 5.74) is 1.72. The molecule has 2 fully saturated rings. The molecule has 2 aromatic rings. The van der Waals surface area contributed by atoms with E-state index in [1.54, 1.807) is 12.3 Å². The van der Waals surface area contributed by atoms with Crippen molar-refractivity contribution in [2.45, 2.75) is 56.7 Å². The van der Waals surface area contributed by atoms with E-state index in [-0.39, 0.29) is 62.6 Å². The number of rotatable bonds is 7. The van der Waals surface area contributed by atoms with Crippen LogP contribution >= 0.6 is 0 Å². The van der Waals surface area contributed by atoms with Gasteiger partial charge in [-0.25, -0.2) is 8.78 Å². The number of piperidine rings is 1. The molecular formula is C24H29F2KN4O2S-2. The third-order valence-corrected chi connectivity index (χ3v) is 6.45. The Morgan fingerprint density at radius 2 is 2.06 bits per heavy atom. The van der Waals surface area contributed by atoms with Gasteiger partial charge in [-0.2, -0.15) is 0 Å². The monoisotopic (exact) mass is 514 g/mol. The summed E-state index contributed by atoms with van der Waals surface area (Å²) in [6.07, 6.45) is 10.3. The summed E-state index contributed by atoms with van der Waals surface area (Å²) in [6, 6.07) is 5.23. The molecule has 1 aromatic heterocycles. The number of allylic oxidation sites excluding steroid dienone is 1. The van der Waals surface area contributed by atoms with Crippen molar-refractivity contribution in [2.24, 2.45) is 4.99 Å². The van der Waals surface area contributed by atoms with E-state index < -0.39 is 22.7 Å². The molecule has 6 nitrogen and oxygen atoms in total. The Morgan fingerprint density at radius 3 is 2.65 bits per heavy atom. The van der Waals surface area contributed by atoms with Crippen molar-refractivity contribution in [1.29, 1.82) is 0 Å². The molecule has 2 heterocycles. The number of nitrogens with one attached hydrogen (secondary N) is 2. The number of hydrogen-bond acceptors (Lipinski definition) is 5. The van der Waals surface area contributed by atoms with Crippen molar-refractivity contribution in [3.05, 3.63) is 59.8 Å². The maximum atomic E-state index is 14.4.